The Morgan fingerprint density at radius 3 is 2.91 bits per heavy atom. The first-order valence-electron chi connectivity index (χ1n) is 6.74. The average Bonchev–Trinajstić information content (AvgIpc) is 3.17. The highest BCUT2D eigenvalue weighted by molar-refractivity contribution is 7.22. The number of fused-ring (bicyclic) bond motifs is 2. The second-order valence-corrected chi connectivity index (χ2v) is 5.87. The number of benzene rings is 2. The number of rotatable bonds is 2. The Balaban J connectivity index is 1.62. The van der Waals surface area contributed by atoms with E-state index in [0.717, 1.165) is 10.2 Å². The van der Waals surface area contributed by atoms with Gasteiger partial charge in [0.2, 0.25) is 6.79 Å². The fraction of sp³-hybridized carbons (Fsp3) is 0.0625. The molecule has 4 rings (SSSR count). The standard InChI is InChI=1S/C16H9N3O3S/c17-7-9-2-1-3-10(4-9)15(20)19-16-18-11-5-12-13(22-8-21-12)6-14(11)23-16/h1-6H,8H2,(H,18,19,20). The number of nitrogens with zero attached hydrogens (tertiary/aromatic N) is 2. The number of carbonyl (C=O) groups is 1. The molecule has 1 aliphatic rings. The van der Waals surface area contributed by atoms with Gasteiger partial charge in [0, 0.05) is 17.7 Å². The lowest BCUT2D eigenvalue weighted by molar-refractivity contribution is 0.102. The lowest BCUT2D eigenvalue weighted by Gasteiger charge is -2.01. The Bertz CT molecular complexity index is 933. The van der Waals surface area contributed by atoms with Crippen LogP contribution < -0.4 is 14.8 Å². The van der Waals surface area contributed by atoms with Gasteiger partial charge >= 0.3 is 0 Å². The van der Waals surface area contributed by atoms with Crippen LogP contribution in [0.5, 0.6) is 11.5 Å². The van der Waals surface area contributed by atoms with Gasteiger partial charge < -0.3 is 9.47 Å². The normalized spacial score (nSPS) is 12.1. The molecule has 0 radical (unpaired) electrons. The van der Waals surface area contributed by atoms with Crippen molar-refractivity contribution in [1.82, 2.24) is 4.98 Å². The summed E-state index contributed by atoms with van der Waals surface area (Å²) in [7, 11) is 0. The molecule has 3 aromatic rings. The summed E-state index contributed by atoms with van der Waals surface area (Å²) in [6.45, 7) is 0.214. The molecule has 7 heteroatoms. The van der Waals surface area contributed by atoms with Crippen molar-refractivity contribution in [3.63, 3.8) is 0 Å². The predicted octanol–water partition coefficient (Wildman–Crippen LogP) is 3.15. The summed E-state index contributed by atoms with van der Waals surface area (Å²) in [6, 6.07) is 12.2. The van der Waals surface area contributed by atoms with Crippen LogP contribution in [0.25, 0.3) is 10.2 Å². The molecule has 1 aromatic heterocycles. The number of thiazole rings is 1. The van der Waals surface area contributed by atoms with Crippen molar-refractivity contribution in [2.24, 2.45) is 0 Å². The second kappa shape index (κ2) is 5.26. The SMILES string of the molecule is N#Cc1cccc(C(=O)Nc2nc3cc4c(cc3s2)OCO4)c1. The molecule has 1 aliphatic heterocycles. The number of nitrogens with one attached hydrogen (secondary N) is 1. The molecule has 2 aromatic carbocycles. The molecule has 0 aliphatic carbocycles. The van der Waals surface area contributed by atoms with Crippen LogP contribution in [0, 0.1) is 11.3 Å². The largest absolute Gasteiger partial charge is 0.454 e. The zero-order chi connectivity index (χ0) is 15.8. The average molecular weight is 323 g/mol. The molecular formula is C16H9N3O3S. The third-order valence-corrected chi connectivity index (χ3v) is 4.29. The predicted molar refractivity (Wildman–Crippen MR) is 84.9 cm³/mol. The molecule has 0 atom stereocenters. The monoisotopic (exact) mass is 323 g/mol. The molecule has 0 spiro atoms. The number of carbonyl (C=O) groups excluding carboxylic acids is 1. The van der Waals surface area contributed by atoms with Gasteiger partial charge in [-0.1, -0.05) is 17.4 Å². The fourth-order valence-corrected chi connectivity index (χ4v) is 3.14. The first kappa shape index (κ1) is 13.5. The lowest BCUT2D eigenvalue weighted by Crippen LogP contribution is -2.11. The minimum atomic E-state index is -0.304. The molecule has 23 heavy (non-hydrogen) atoms. The summed E-state index contributed by atoms with van der Waals surface area (Å²) in [4.78, 5) is 16.6. The number of amides is 1. The number of aromatic nitrogens is 1. The maximum Gasteiger partial charge on any atom is 0.257 e. The number of nitriles is 1. The molecule has 0 fully saturated rings. The summed E-state index contributed by atoms with van der Waals surface area (Å²) < 4.78 is 11.5. The van der Waals surface area contributed by atoms with E-state index < -0.39 is 0 Å². The molecule has 1 N–H and O–H groups in total. The summed E-state index contributed by atoms with van der Waals surface area (Å²) in [5.74, 6) is 1.03. The van der Waals surface area contributed by atoms with E-state index in [1.807, 2.05) is 12.1 Å². The zero-order valence-electron chi connectivity index (χ0n) is 11.7. The van der Waals surface area contributed by atoms with Gasteiger partial charge in [0.1, 0.15) is 0 Å². The minimum absolute atomic E-state index is 0.214. The van der Waals surface area contributed by atoms with Crippen molar-refractivity contribution in [2.45, 2.75) is 0 Å². The van der Waals surface area contributed by atoms with Gasteiger partial charge in [0.15, 0.2) is 16.6 Å². The van der Waals surface area contributed by atoms with Crippen molar-refractivity contribution in [3.05, 3.63) is 47.5 Å². The summed E-state index contributed by atoms with van der Waals surface area (Å²) in [6.07, 6.45) is 0. The molecule has 6 nitrogen and oxygen atoms in total. The molecule has 0 saturated carbocycles. The third kappa shape index (κ3) is 2.45. The van der Waals surface area contributed by atoms with Gasteiger partial charge in [-0.05, 0) is 18.2 Å². The highest BCUT2D eigenvalue weighted by atomic mass is 32.1. The summed E-state index contributed by atoms with van der Waals surface area (Å²) in [5, 5.41) is 12.1. The van der Waals surface area contributed by atoms with Crippen molar-refractivity contribution >= 4 is 32.6 Å². The Morgan fingerprint density at radius 2 is 2.09 bits per heavy atom. The van der Waals surface area contributed by atoms with Crippen LogP contribution in [0.3, 0.4) is 0 Å². The Labute approximate surface area is 134 Å². The van der Waals surface area contributed by atoms with Crippen molar-refractivity contribution in [3.8, 4) is 17.6 Å². The van der Waals surface area contributed by atoms with E-state index in [4.69, 9.17) is 14.7 Å². The first-order chi connectivity index (χ1) is 11.2. The third-order valence-electron chi connectivity index (χ3n) is 3.36. The molecule has 0 bridgehead atoms. The Hall–Kier alpha value is -3.11. The van der Waals surface area contributed by atoms with Crippen LogP contribution in [0.2, 0.25) is 0 Å². The molecule has 1 amide bonds. The van der Waals surface area contributed by atoms with E-state index in [-0.39, 0.29) is 12.7 Å². The maximum atomic E-state index is 12.3. The van der Waals surface area contributed by atoms with Crippen LogP contribution in [-0.4, -0.2) is 17.7 Å². The van der Waals surface area contributed by atoms with Crippen molar-refractivity contribution in [1.29, 1.82) is 5.26 Å². The van der Waals surface area contributed by atoms with Crippen molar-refractivity contribution < 1.29 is 14.3 Å². The first-order valence-corrected chi connectivity index (χ1v) is 7.56. The Kier molecular flexibility index (Phi) is 3.10. The highest BCUT2D eigenvalue weighted by Gasteiger charge is 2.17. The van der Waals surface area contributed by atoms with Crippen LogP contribution in [0.1, 0.15) is 15.9 Å². The quantitative estimate of drug-likeness (QED) is 0.783. The van der Waals surface area contributed by atoms with Gasteiger partial charge in [-0.25, -0.2) is 4.98 Å². The van der Waals surface area contributed by atoms with Gasteiger partial charge in [-0.2, -0.15) is 5.26 Å². The zero-order valence-corrected chi connectivity index (χ0v) is 12.5. The van der Waals surface area contributed by atoms with E-state index in [0.29, 0.717) is 27.8 Å². The molecule has 0 saturated heterocycles. The van der Waals surface area contributed by atoms with Gasteiger partial charge in [-0.15, -0.1) is 0 Å². The van der Waals surface area contributed by atoms with Gasteiger partial charge in [-0.3, -0.25) is 10.1 Å². The molecule has 2 heterocycles. The van der Waals surface area contributed by atoms with E-state index in [1.165, 1.54) is 11.3 Å². The summed E-state index contributed by atoms with van der Waals surface area (Å²) >= 11 is 1.35. The molecule has 112 valence electrons. The molecular weight excluding hydrogens is 314 g/mol. The smallest absolute Gasteiger partial charge is 0.257 e. The van der Waals surface area contributed by atoms with E-state index in [2.05, 4.69) is 10.3 Å². The van der Waals surface area contributed by atoms with Crippen LogP contribution >= 0.6 is 11.3 Å². The number of hydrogen-bond donors (Lipinski definition) is 1. The minimum Gasteiger partial charge on any atom is -0.454 e. The van der Waals surface area contributed by atoms with Crippen molar-refractivity contribution in [2.75, 3.05) is 12.1 Å². The fourth-order valence-electron chi connectivity index (χ4n) is 2.27. The number of ether oxygens (including phenoxy) is 2. The lowest BCUT2D eigenvalue weighted by atomic mass is 10.1. The highest BCUT2D eigenvalue weighted by Crippen LogP contribution is 2.38. The second-order valence-electron chi connectivity index (χ2n) is 4.84. The molecule has 0 unspecified atom stereocenters. The van der Waals surface area contributed by atoms with Gasteiger partial charge in [0.25, 0.3) is 5.91 Å². The van der Waals surface area contributed by atoms with Crippen LogP contribution in [0.15, 0.2) is 36.4 Å². The summed E-state index contributed by atoms with van der Waals surface area (Å²) in [5.41, 5.74) is 1.59. The Morgan fingerprint density at radius 1 is 1.26 bits per heavy atom. The number of hydrogen-bond acceptors (Lipinski definition) is 6. The maximum absolute atomic E-state index is 12.3. The van der Waals surface area contributed by atoms with Crippen LogP contribution in [-0.2, 0) is 0 Å². The number of anilines is 1. The van der Waals surface area contributed by atoms with Gasteiger partial charge in [0.05, 0.1) is 21.8 Å². The van der Waals surface area contributed by atoms with E-state index in [9.17, 15) is 4.79 Å². The van der Waals surface area contributed by atoms with Crippen LogP contribution in [0.4, 0.5) is 5.13 Å². The van der Waals surface area contributed by atoms with E-state index in [1.54, 1.807) is 30.3 Å². The van der Waals surface area contributed by atoms with E-state index >= 15 is 0 Å². The topological polar surface area (TPSA) is 84.2 Å².